The van der Waals surface area contributed by atoms with Gasteiger partial charge in [0.2, 0.25) is 0 Å². The molecule has 1 saturated heterocycles. The van der Waals surface area contributed by atoms with E-state index in [4.69, 9.17) is 0 Å². The zero-order valence-electron chi connectivity index (χ0n) is 15.1. The van der Waals surface area contributed by atoms with Gasteiger partial charge in [-0.2, -0.15) is 0 Å². The molecule has 3 rings (SSSR count). The van der Waals surface area contributed by atoms with Crippen molar-refractivity contribution in [1.29, 1.82) is 0 Å². The summed E-state index contributed by atoms with van der Waals surface area (Å²) in [6.45, 7) is 2.50. The second-order valence-corrected chi connectivity index (χ2v) is 9.13. The molecule has 0 spiro atoms. The summed E-state index contributed by atoms with van der Waals surface area (Å²) in [5.41, 5.74) is 2.15. The van der Waals surface area contributed by atoms with Gasteiger partial charge in [-0.1, -0.05) is 42.5 Å². The summed E-state index contributed by atoms with van der Waals surface area (Å²) in [5.74, 6) is 0.396. The minimum Gasteiger partial charge on any atom is -0.299 e. The van der Waals surface area contributed by atoms with E-state index in [-0.39, 0.29) is 5.92 Å². The molecule has 26 heavy (non-hydrogen) atoms. The first-order valence-corrected chi connectivity index (χ1v) is 10.9. The molecule has 138 valence electrons. The van der Waals surface area contributed by atoms with Crippen LogP contribution in [0, 0.1) is 5.92 Å². The fraction of sp³-hybridized carbons (Fsp3) is 0.381. The van der Waals surface area contributed by atoms with Crippen molar-refractivity contribution in [1.82, 2.24) is 4.90 Å². The van der Waals surface area contributed by atoms with Gasteiger partial charge in [-0.25, -0.2) is 8.42 Å². The van der Waals surface area contributed by atoms with Gasteiger partial charge in [0.1, 0.15) is 5.78 Å². The molecule has 1 fully saturated rings. The van der Waals surface area contributed by atoms with E-state index in [0.717, 1.165) is 43.6 Å². The third kappa shape index (κ3) is 5.02. The molecule has 0 amide bonds. The van der Waals surface area contributed by atoms with Gasteiger partial charge >= 0.3 is 0 Å². The molecule has 0 radical (unpaired) electrons. The van der Waals surface area contributed by atoms with Crippen molar-refractivity contribution in [3.05, 3.63) is 65.7 Å². The number of Topliss-reactive ketones (excluding diaryl/α,β-unsaturated/α-hetero) is 1. The maximum atomic E-state index is 12.6. The van der Waals surface area contributed by atoms with Crippen molar-refractivity contribution >= 4 is 15.6 Å². The molecular formula is C21H25NO3S. The van der Waals surface area contributed by atoms with Crippen LogP contribution in [0.2, 0.25) is 0 Å². The standard InChI is InChI=1S/C21H25NO3S/c1-26(24,25)20-11-9-18(10-12-20)15-22-13-5-8-19(16-22)21(23)14-17-6-3-2-4-7-17/h2-4,6-7,9-12,19H,5,8,13-16H2,1H3/t19-/m0/s1. The lowest BCUT2D eigenvalue weighted by atomic mass is 9.90. The zero-order chi connectivity index (χ0) is 18.6. The van der Waals surface area contributed by atoms with E-state index in [9.17, 15) is 13.2 Å². The molecule has 1 aliphatic heterocycles. The molecule has 0 saturated carbocycles. The number of sulfone groups is 1. The first-order chi connectivity index (χ1) is 12.4. The van der Waals surface area contributed by atoms with E-state index >= 15 is 0 Å². The number of ketones is 1. The van der Waals surface area contributed by atoms with Crippen LogP contribution >= 0.6 is 0 Å². The maximum Gasteiger partial charge on any atom is 0.175 e. The van der Waals surface area contributed by atoms with E-state index in [1.165, 1.54) is 6.26 Å². The minimum atomic E-state index is -3.16. The van der Waals surface area contributed by atoms with E-state index in [0.29, 0.717) is 17.1 Å². The number of hydrogen-bond donors (Lipinski definition) is 0. The highest BCUT2D eigenvalue weighted by molar-refractivity contribution is 7.90. The number of benzene rings is 2. The fourth-order valence-corrected chi connectivity index (χ4v) is 4.13. The Morgan fingerprint density at radius 2 is 1.73 bits per heavy atom. The smallest absolute Gasteiger partial charge is 0.175 e. The summed E-state index contributed by atoms with van der Waals surface area (Å²) in [6.07, 6.45) is 3.69. The quantitative estimate of drug-likeness (QED) is 0.783. The molecule has 4 nitrogen and oxygen atoms in total. The summed E-state index contributed by atoms with van der Waals surface area (Å²) in [6, 6.07) is 17.0. The average molecular weight is 372 g/mol. The molecule has 0 unspecified atom stereocenters. The second-order valence-electron chi connectivity index (χ2n) is 7.12. The lowest BCUT2D eigenvalue weighted by Gasteiger charge is -2.32. The van der Waals surface area contributed by atoms with Gasteiger partial charge in [0.15, 0.2) is 9.84 Å². The summed E-state index contributed by atoms with van der Waals surface area (Å²) in [7, 11) is -3.16. The van der Waals surface area contributed by atoms with Crippen LogP contribution in [-0.2, 0) is 27.6 Å². The Hall–Kier alpha value is -1.98. The van der Waals surface area contributed by atoms with Gasteiger partial charge in [-0.05, 0) is 42.6 Å². The molecule has 1 atom stereocenters. The number of piperidine rings is 1. The van der Waals surface area contributed by atoms with Crippen LogP contribution in [0.15, 0.2) is 59.5 Å². The Bertz CT molecular complexity index is 845. The lowest BCUT2D eigenvalue weighted by molar-refractivity contribution is -0.123. The Kier molecular flexibility index (Phi) is 5.89. The predicted molar refractivity (Wildman–Crippen MR) is 103 cm³/mol. The van der Waals surface area contributed by atoms with Gasteiger partial charge in [-0.15, -0.1) is 0 Å². The molecule has 2 aromatic carbocycles. The van der Waals surface area contributed by atoms with Gasteiger partial charge in [0.25, 0.3) is 0 Å². The van der Waals surface area contributed by atoms with Gasteiger partial charge in [-0.3, -0.25) is 9.69 Å². The van der Waals surface area contributed by atoms with Crippen LogP contribution < -0.4 is 0 Å². The summed E-state index contributed by atoms with van der Waals surface area (Å²) in [5, 5.41) is 0. The predicted octanol–water partition coefficient (Wildman–Crippen LogP) is 3.11. The van der Waals surface area contributed by atoms with Crippen molar-refractivity contribution < 1.29 is 13.2 Å². The Balaban J connectivity index is 1.59. The normalized spacial score (nSPS) is 18.6. The zero-order valence-corrected chi connectivity index (χ0v) is 15.9. The number of hydrogen-bond acceptors (Lipinski definition) is 4. The average Bonchev–Trinajstić information content (AvgIpc) is 2.62. The van der Waals surface area contributed by atoms with Gasteiger partial charge in [0, 0.05) is 31.7 Å². The lowest BCUT2D eigenvalue weighted by Crippen LogP contribution is -2.38. The fourth-order valence-electron chi connectivity index (χ4n) is 3.50. The van der Waals surface area contributed by atoms with E-state index < -0.39 is 9.84 Å². The Morgan fingerprint density at radius 1 is 1.04 bits per heavy atom. The summed E-state index contributed by atoms with van der Waals surface area (Å²) < 4.78 is 23.1. The molecule has 1 heterocycles. The summed E-state index contributed by atoms with van der Waals surface area (Å²) in [4.78, 5) is 15.3. The SMILES string of the molecule is CS(=O)(=O)c1ccc(CN2CCC[C@H](C(=O)Cc3ccccc3)C2)cc1. The van der Waals surface area contributed by atoms with Gasteiger partial charge in [0.05, 0.1) is 4.90 Å². The number of rotatable bonds is 6. The highest BCUT2D eigenvalue weighted by Gasteiger charge is 2.25. The molecule has 0 aliphatic carbocycles. The van der Waals surface area contributed by atoms with Crippen LogP contribution in [-0.4, -0.2) is 38.4 Å². The van der Waals surface area contributed by atoms with Crippen LogP contribution in [0.25, 0.3) is 0 Å². The van der Waals surface area contributed by atoms with Gasteiger partial charge < -0.3 is 0 Å². The molecule has 5 heteroatoms. The molecule has 0 aromatic heterocycles. The first-order valence-electron chi connectivity index (χ1n) is 9.00. The van der Waals surface area contributed by atoms with Crippen molar-refractivity contribution in [3.8, 4) is 0 Å². The molecule has 0 N–H and O–H groups in total. The van der Waals surface area contributed by atoms with Crippen molar-refractivity contribution in [2.75, 3.05) is 19.3 Å². The Labute approximate surface area is 155 Å². The highest BCUT2D eigenvalue weighted by Crippen LogP contribution is 2.21. The molecular weight excluding hydrogens is 346 g/mol. The van der Waals surface area contributed by atoms with Crippen LogP contribution in [0.4, 0.5) is 0 Å². The summed E-state index contributed by atoms with van der Waals surface area (Å²) >= 11 is 0. The number of nitrogens with zero attached hydrogens (tertiary/aromatic N) is 1. The van der Waals surface area contributed by atoms with Crippen molar-refractivity contribution in [2.45, 2.75) is 30.7 Å². The Morgan fingerprint density at radius 3 is 2.38 bits per heavy atom. The molecule has 1 aliphatic rings. The van der Waals surface area contributed by atoms with Crippen molar-refractivity contribution in [2.24, 2.45) is 5.92 Å². The van der Waals surface area contributed by atoms with Crippen LogP contribution in [0.5, 0.6) is 0 Å². The van der Waals surface area contributed by atoms with Crippen LogP contribution in [0.3, 0.4) is 0 Å². The molecule has 0 bridgehead atoms. The van der Waals surface area contributed by atoms with E-state index in [1.807, 2.05) is 42.5 Å². The topological polar surface area (TPSA) is 54.5 Å². The third-order valence-corrected chi connectivity index (χ3v) is 6.07. The van der Waals surface area contributed by atoms with E-state index in [2.05, 4.69) is 4.90 Å². The largest absolute Gasteiger partial charge is 0.299 e. The van der Waals surface area contributed by atoms with Crippen molar-refractivity contribution in [3.63, 3.8) is 0 Å². The monoisotopic (exact) mass is 371 g/mol. The highest BCUT2D eigenvalue weighted by atomic mass is 32.2. The molecule has 2 aromatic rings. The minimum absolute atomic E-state index is 0.0826. The second kappa shape index (κ2) is 8.14. The van der Waals surface area contributed by atoms with Crippen LogP contribution in [0.1, 0.15) is 24.0 Å². The number of likely N-dealkylation sites (tertiary alicyclic amines) is 1. The number of carbonyl (C=O) groups is 1. The third-order valence-electron chi connectivity index (χ3n) is 4.94. The maximum absolute atomic E-state index is 12.6. The van der Waals surface area contributed by atoms with E-state index in [1.54, 1.807) is 12.1 Å². The first kappa shape index (κ1) is 18.8. The number of carbonyl (C=O) groups excluding carboxylic acids is 1.